The van der Waals surface area contributed by atoms with Crippen LogP contribution in [0.25, 0.3) is 0 Å². The maximum Gasteiger partial charge on any atom is 0.138 e. The van der Waals surface area contributed by atoms with E-state index in [1.165, 1.54) is 5.57 Å². The number of ketones is 1. The molecule has 1 aliphatic rings. The van der Waals surface area contributed by atoms with E-state index >= 15 is 0 Å². The third kappa shape index (κ3) is 15.8. The molecule has 0 aliphatic heterocycles. The summed E-state index contributed by atoms with van der Waals surface area (Å²) >= 11 is 0. The van der Waals surface area contributed by atoms with Gasteiger partial charge in [0.2, 0.25) is 0 Å². The Kier molecular flexibility index (Phi) is 27.4. The zero-order valence-electron chi connectivity index (χ0n) is 24.5. The van der Waals surface area contributed by atoms with Crippen molar-refractivity contribution in [2.24, 2.45) is 17.3 Å². The van der Waals surface area contributed by atoms with Gasteiger partial charge < -0.3 is 14.2 Å². The minimum absolute atomic E-state index is 0.0334. The zero-order chi connectivity index (χ0) is 32.9. The molecule has 0 saturated carbocycles. The highest BCUT2D eigenvalue weighted by molar-refractivity contribution is 9.19. The Balaban J connectivity index is 3.25. The standard InChI is InChI=1S/C16H50O4P22/c1-9-8-16(4,5)12(7-14(9)19-34(41(32)37(25)26)42(38(27)28)39(29)30)6-13(18)10(2)15(11(3)17)20-33(35(21)22)40(31)36(23)24/h8,10-12,14-15,17H,6-7,21-32H2,1-5H3. The highest BCUT2D eigenvalue weighted by atomic mass is 33.2. The predicted molar refractivity (Wildman–Crippen MR) is 262 cm³/mol. The first-order valence-corrected chi connectivity index (χ1v) is 50.7. The second-order valence-corrected chi connectivity index (χ2v) is 91.0. The van der Waals surface area contributed by atoms with E-state index in [0.717, 1.165) is 6.42 Å². The highest BCUT2D eigenvalue weighted by Crippen LogP contribution is 3.17. The van der Waals surface area contributed by atoms with E-state index in [-0.39, 0.29) is 71.1 Å². The van der Waals surface area contributed by atoms with E-state index in [2.05, 4.69) is 134 Å². The van der Waals surface area contributed by atoms with Crippen molar-refractivity contribution in [2.75, 3.05) is 0 Å². The lowest BCUT2D eigenvalue weighted by atomic mass is 9.67. The Labute approximate surface area is 295 Å². The lowest BCUT2D eigenvalue weighted by molar-refractivity contribution is -0.129. The van der Waals surface area contributed by atoms with Crippen LogP contribution in [0.3, 0.4) is 0 Å². The molecule has 1 rings (SSSR count). The molecule has 1 N–H and O–H groups in total. The third-order valence-electron chi connectivity index (χ3n) is 6.61. The van der Waals surface area contributed by atoms with Crippen LogP contribution in [0.1, 0.15) is 47.5 Å². The summed E-state index contributed by atoms with van der Waals surface area (Å²) in [6.45, 7) is 7.81. The van der Waals surface area contributed by atoms with E-state index in [0.29, 0.717) is 6.42 Å². The van der Waals surface area contributed by atoms with Crippen LogP contribution in [-0.2, 0) is 13.8 Å². The van der Waals surface area contributed by atoms with Gasteiger partial charge in [-0.3, -0.25) is 4.79 Å². The average molecular weight is 988 g/mol. The van der Waals surface area contributed by atoms with Crippen LogP contribution in [-0.4, -0.2) is 29.2 Å². The molecule has 0 aromatic rings. The quantitative estimate of drug-likeness (QED) is 0.117. The molecule has 0 saturated heterocycles. The summed E-state index contributed by atoms with van der Waals surface area (Å²) < 4.78 is 13.9. The number of carbonyl (C=O) groups is 1. The van der Waals surface area contributed by atoms with Crippen LogP contribution in [0.4, 0.5) is 0 Å². The number of carbonyl (C=O) groups excluding carboxylic acids is 1. The van der Waals surface area contributed by atoms with Gasteiger partial charge >= 0.3 is 0 Å². The summed E-state index contributed by atoms with van der Waals surface area (Å²) in [7, 11) is 34.9. The Morgan fingerprint density at radius 3 is 1.76 bits per heavy atom. The van der Waals surface area contributed by atoms with Crippen LogP contribution in [0, 0.1) is 17.3 Å². The van der Waals surface area contributed by atoms with Crippen molar-refractivity contribution in [3.05, 3.63) is 11.6 Å². The summed E-state index contributed by atoms with van der Waals surface area (Å²) in [6, 6.07) is 0. The first kappa shape index (κ1) is 48.8. The summed E-state index contributed by atoms with van der Waals surface area (Å²) in [4.78, 5) is 13.9. The molecule has 0 amide bonds. The molecular formula is C16H50O4P22. The summed E-state index contributed by atoms with van der Waals surface area (Å²) in [5, 5.41) is 10.8. The van der Waals surface area contributed by atoms with Crippen molar-refractivity contribution in [3.8, 4) is 0 Å². The van der Waals surface area contributed by atoms with E-state index in [4.69, 9.17) is 9.05 Å². The third-order valence-corrected chi connectivity index (χ3v) is 118. The molecule has 0 heterocycles. The second-order valence-electron chi connectivity index (χ2n) is 10.3. The first-order valence-electron chi connectivity index (χ1n) is 12.3. The van der Waals surface area contributed by atoms with Crippen molar-refractivity contribution in [2.45, 2.75) is 65.8 Å². The van der Waals surface area contributed by atoms with Gasteiger partial charge in [0.05, 0.1) is 33.4 Å². The SMILES string of the molecule is CC1=CC(C)(C)C(CC(=O)C(C)C(OP(P(P)P)P(P)P(P)P)C(C)O)CC1OP(P(P)P(P)P)P(P(P)P)P(P)P. The molecule has 248 valence electrons. The molecule has 0 aromatic carbocycles. The number of allylic oxidation sites excluding steroid dienone is 1. The van der Waals surface area contributed by atoms with Gasteiger partial charge in [-0.2, -0.15) is 0 Å². The number of hydrogen-bond donors (Lipinski definition) is 1. The molecule has 0 radical (unpaired) electrons. The molecule has 0 bridgehead atoms. The largest absolute Gasteiger partial charge is 0.391 e. The van der Waals surface area contributed by atoms with Gasteiger partial charge in [0, 0.05) is 33.3 Å². The summed E-state index contributed by atoms with van der Waals surface area (Å²) in [6.07, 6.45) is 2.49. The molecule has 21 atom stereocenters. The van der Waals surface area contributed by atoms with Crippen LogP contribution < -0.4 is 0 Å². The molecule has 0 fully saturated rings. The molecule has 0 aromatic heterocycles. The van der Waals surface area contributed by atoms with Gasteiger partial charge in [0.1, 0.15) is 5.78 Å². The van der Waals surface area contributed by atoms with Crippen molar-refractivity contribution < 1.29 is 18.9 Å². The number of Topliss-reactive ketones (excluding diaryl/α,β-unsaturated/α-hetero) is 1. The molecule has 0 spiro atoms. The normalized spacial score (nSPS) is 24.7. The van der Waals surface area contributed by atoms with E-state index in [9.17, 15) is 9.90 Å². The minimum atomic E-state index is -0.778. The van der Waals surface area contributed by atoms with Crippen LogP contribution in [0.2, 0.25) is 0 Å². The van der Waals surface area contributed by atoms with Gasteiger partial charge in [0.15, 0.2) is 0 Å². The Morgan fingerprint density at radius 2 is 1.36 bits per heavy atom. The Hall–Kier alpha value is 8.75. The maximum atomic E-state index is 13.9. The monoisotopic (exact) mass is 988 g/mol. The van der Waals surface area contributed by atoms with E-state index < -0.39 is 41.2 Å². The predicted octanol–water partition coefficient (Wildman–Crippen LogP) is 15.2. The van der Waals surface area contributed by atoms with E-state index in [1.807, 2.05) is 6.92 Å². The summed E-state index contributed by atoms with van der Waals surface area (Å²) in [5.41, 5.74) is 1.18. The van der Waals surface area contributed by atoms with Gasteiger partial charge in [-0.1, -0.05) is 44.7 Å². The average Bonchev–Trinajstić information content (AvgIpc) is 2.84. The van der Waals surface area contributed by atoms with Crippen LogP contribution in [0.15, 0.2) is 11.6 Å². The fraction of sp³-hybridized carbons (Fsp3) is 0.812. The molecule has 21 unspecified atom stereocenters. The molecule has 4 nitrogen and oxygen atoms in total. The number of aliphatic hydroxyl groups excluding tert-OH is 1. The maximum absolute atomic E-state index is 13.9. The van der Waals surface area contributed by atoms with Gasteiger partial charge in [-0.15, -0.1) is 89.3 Å². The van der Waals surface area contributed by atoms with Crippen LogP contribution in [0.5, 0.6) is 0 Å². The number of rotatable bonds is 17. The van der Waals surface area contributed by atoms with Gasteiger partial charge in [-0.05, 0) is 72.1 Å². The molecule has 26 heteroatoms. The van der Waals surface area contributed by atoms with Gasteiger partial charge in [0.25, 0.3) is 0 Å². The lowest BCUT2D eigenvalue weighted by Crippen LogP contribution is -2.39. The summed E-state index contributed by atoms with van der Waals surface area (Å²) in [5.74, 6) is -0.0373. The zero-order valence-corrected chi connectivity index (χ0v) is 47.3. The van der Waals surface area contributed by atoms with Crippen LogP contribution >= 0.6 is 178 Å². The molecule has 42 heavy (non-hydrogen) atoms. The first-order chi connectivity index (χ1) is 19.1. The number of hydrogen-bond acceptors (Lipinski definition) is 4. The van der Waals surface area contributed by atoms with Crippen molar-refractivity contribution >= 4 is 184 Å². The van der Waals surface area contributed by atoms with Crippen molar-refractivity contribution in [3.63, 3.8) is 0 Å². The fourth-order valence-corrected chi connectivity index (χ4v) is 144. The van der Waals surface area contributed by atoms with Gasteiger partial charge in [-0.25, -0.2) is 0 Å². The molecular weight excluding hydrogens is 938 g/mol. The minimum Gasteiger partial charge on any atom is -0.391 e. The topological polar surface area (TPSA) is 55.8 Å². The van der Waals surface area contributed by atoms with Crippen molar-refractivity contribution in [1.29, 1.82) is 0 Å². The molecule has 1 aliphatic carbocycles. The number of aliphatic hydroxyl groups is 1. The van der Waals surface area contributed by atoms with Crippen molar-refractivity contribution in [1.82, 2.24) is 0 Å². The fourth-order valence-electron chi connectivity index (χ4n) is 4.30. The second kappa shape index (κ2) is 23.6. The smallest absolute Gasteiger partial charge is 0.138 e. The Morgan fingerprint density at radius 1 is 0.881 bits per heavy atom. The lowest BCUT2D eigenvalue weighted by Gasteiger charge is -2.44. The highest BCUT2D eigenvalue weighted by Gasteiger charge is 2.43. The Bertz CT molecular complexity index is 865. The van der Waals surface area contributed by atoms with E-state index in [1.54, 1.807) is 6.92 Å².